The molecule has 1 heterocycles. The molecule has 1 aliphatic carbocycles. The average Bonchev–Trinajstić information content (AvgIpc) is 3.34. The van der Waals surface area contributed by atoms with Crippen molar-refractivity contribution in [2.75, 3.05) is 11.9 Å². The Kier molecular flexibility index (Phi) is 5.34. The smallest absolute Gasteiger partial charge is 0.340 e. The summed E-state index contributed by atoms with van der Waals surface area (Å²) in [6.45, 7) is 2.36. The van der Waals surface area contributed by atoms with E-state index in [1.54, 1.807) is 23.0 Å². The van der Waals surface area contributed by atoms with Crippen molar-refractivity contribution in [1.29, 1.82) is 0 Å². The maximum atomic E-state index is 14.8. The van der Waals surface area contributed by atoms with Crippen LogP contribution in [0.2, 0.25) is 0 Å². The highest BCUT2D eigenvalue weighted by Crippen LogP contribution is 2.32. The number of nitrogens with one attached hydrogen (secondary N) is 1. The molecule has 4 rings (SSSR count). The minimum absolute atomic E-state index is 0.181. The second-order valence-corrected chi connectivity index (χ2v) is 8.19. The van der Waals surface area contributed by atoms with Crippen molar-refractivity contribution in [1.82, 2.24) is 9.55 Å². The quantitative estimate of drug-likeness (QED) is 0.379. The Morgan fingerprint density at radius 1 is 1.32 bits per heavy atom. The number of hydrogen-bond donors (Lipinski definition) is 1. The Hall–Kier alpha value is -2.42. The van der Waals surface area contributed by atoms with Gasteiger partial charge in [-0.2, -0.15) is 0 Å². The number of ether oxygens (including phenoxy) is 1. The van der Waals surface area contributed by atoms with Crippen LogP contribution in [0, 0.1) is 22.2 Å². The fraction of sp³-hybridized carbons (Fsp3) is 0.238. The van der Waals surface area contributed by atoms with Gasteiger partial charge in [0.2, 0.25) is 0 Å². The summed E-state index contributed by atoms with van der Waals surface area (Å²) in [5.74, 6) is -0.594. The first kappa shape index (κ1) is 18.9. The van der Waals surface area contributed by atoms with Crippen LogP contribution in [0.3, 0.4) is 0 Å². The van der Waals surface area contributed by atoms with E-state index in [4.69, 9.17) is 4.74 Å². The van der Waals surface area contributed by atoms with Crippen LogP contribution in [-0.2, 0) is 4.74 Å². The Morgan fingerprint density at radius 3 is 2.82 bits per heavy atom. The van der Waals surface area contributed by atoms with Crippen molar-refractivity contribution in [2.24, 2.45) is 5.92 Å². The van der Waals surface area contributed by atoms with Gasteiger partial charge in [0.15, 0.2) is 0 Å². The summed E-state index contributed by atoms with van der Waals surface area (Å²) in [6.07, 6.45) is 6.91. The van der Waals surface area contributed by atoms with E-state index in [2.05, 4.69) is 32.9 Å². The molecule has 0 radical (unpaired) electrons. The molecule has 0 unspecified atom stereocenters. The van der Waals surface area contributed by atoms with E-state index in [0.717, 1.165) is 27.7 Å². The van der Waals surface area contributed by atoms with Gasteiger partial charge in [-0.1, -0.05) is 0 Å². The first-order valence-corrected chi connectivity index (χ1v) is 10.1. The van der Waals surface area contributed by atoms with Crippen LogP contribution in [0.15, 0.2) is 49.1 Å². The monoisotopic (exact) mass is 491 g/mol. The van der Waals surface area contributed by atoms with Crippen molar-refractivity contribution < 1.29 is 13.9 Å². The molecule has 0 amide bonds. The van der Waals surface area contributed by atoms with Crippen LogP contribution in [0.25, 0.3) is 5.69 Å². The van der Waals surface area contributed by atoms with E-state index in [0.29, 0.717) is 23.9 Å². The molecule has 0 atom stereocenters. The Bertz CT molecular complexity index is 1020. The molecule has 1 aromatic heterocycles. The van der Waals surface area contributed by atoms with Crippen molar-refractivity contribution in [3.8, 4) is 5.69 Å². The highest BCUT2D eigenvalue weighted by molar-refractivity contribution is 14.1. The van der Waals surface area contributed by atoms with Gasteiger partial charge in [0.1, 0.15) is 5.82 Å². The minimum Gasteiger partial charge on any atom is -0.462 e. The summed E-state index contributed by atoms with van der Waals surface area (Å²) in [5.41, 5.74) is 2.86. The molecule has 0 bridgehead atoms. The van der Waals surface area contributed by atoms with Gasteiger partial charge in [0.05, 0.1) is 29.9 Å². The summed E-state index contributed by atoms with van der Waals surface area (Å²) < 4.78 is 22.8. The van der Waals surface area contributed by atoms with Crippen molar-refractivity contribution in [3.63, 3.8) is 0 Å². The SMILES string of the molecule is Cc1cc(I)ccc1Nc1cc(-n2ccnc2)c(F)cc1C(=O)OCC1CC1. The fourth-order valence-corrected chi connectivity index (χ4v) is 3.55. The molecule has 0 spiro atoms. The van der Waals surface area contributed by atoms with Gasteiger partial charge >= 0.3 is 5.97 Å². The molecule has 1 aliphatic rings. The lowest BCUT2D eigenvalue weighted by Crippen LogP contribution is -2.12. The largest absolute Gasteiger partial charge is 0.462 e. The van der Waals surface area contributed by atoms with Gasteiger partial charge in [-0.15, -0.1) is 0 Å². The van der Waals surface area contributed by atoms with E-state index in [-0.39, 0.29) is 5.56 Å². The number of esters is 1. The molecular formula is C21H19FIN3O2. The zero-order chi connectivity index (χ0) is 19.7. The molecule has 1 fully saturated rings. The number of imidazole rings is 1. The second-order valence-electron chi connectivity index (χ2n) is 6.95. The van der Waals surface area contributed by atoms with Crippen LogP contribution in [0.5, 0.6) is 0 Å². The Labute approximate surface area is 176 Å². The van der Waals surface area contributed by atoms with Gasteiger partial charge in [0, 0.05) is 21.7 Å². The predicted octanol–water partition coefficient (Wildman–Crippen LogP) is 5.23. The second kappa shape index (κ2) is 7.90. The van der Waals surface area contributed by atoms with E-state index in [1.165, 1.54) is 12.4 Å². The number of hydrogen-bond acceptors (Lipinski definition) is 4. The molecule has 144 valence electrons. The lowest BCUT2D eigenvalue weighted by Gasteiger charge is -2.16. The first-order valence-electron chi connectivity index (χ1n) is 9.03. The third-order valence-electron chi connectivity index (χ3n) is 4.69. The fourth-order valence-electron chi connectivity index (χ4n) is 2.90. The molecule has 1 N–H and O–H groups in total. The molecule has 3 aromatic rings. The molecule has 1 saturated carbocycles. The van der Waals surface area contributed by atoms with Crippen LogP contribution in [0.1, 0.15) is 28.8 Å². The number of rotatable bonds is 6. The summed E-state index contributed by atoms with van der Waals surface area (Å²) >= 11 is 2.25. The summed E-state index contributed by atoms with van der Waals surface area (Å²) in [4.78, 5) is 16.6. The van der Waals surface area contributed by atoms with Gasteiger partial charge in [-0.25, -0.2) is 14.2 Å². The third kappa shape index (κ3) is 4.19. The average molecular weight is 491 g/mol. The number of nitrogens with zero attached hydrogens (tertiary/aromatic N) is 2. The molecule has 0 saturated heterocycles. The Balaban J connectivity index is 1.72. The number of anilines is 2. The number of halogens is 2. The molecule has 7 heteroatoms. The summed E-state index contributed by atoms with van der Waals surface area (Å²) in [6, 6.07) is 8.79. The van der Waals surface area contributed by atoms with E-state index >= 15 is 0 Å². The van der Waals surface area contributed by atoms with Gasteiger partial charge < -0.3 is 14.6 Å². The lowest BCUT2D eigenvalue weighted by atomic mass is 10.1. The zero-order valence-corrected chi connectivity index (χ0v) is 17.4. The number of aromatic nitrogens is 2. The lowest BCUT2D eigenvalue weighted by molar-refractivity contribution is 0.0487. The normalized spacial score (nSPS) is 13.4. The summed E-state index contributed by atoms with van der Waals surface area (Å²) in [5, 5.41) is 3.28. The molecule has 2 aromatic carbocycles. The molecular weight excluding hydrogens is 472 g/mol. The maximum Gasteiger partial charge on any atom is 0.340 e. The van der Waals surface area contributed by atoms with E-state index < -0.39 is 11.8 Å². The highest BCUT2D eigenvalue weighted by atomic mass is 127. The molecule has 5 nitrogen and oxygen atoms in total. The van der Waals surface area contributed by atoms with E-state index in [9.17, 15) is 9.18 Å². The van der Waals surface area contributed by atoms with Crippen LogP contribution in [0.4, 0.5) is 15.8 Å². The van der Waals surface area contributed by atoms with Gasteiger partial charge in [0.25, 0.3) is 0 Å². The van der Waals surface area contributed by atoms with Gasteiger partial charge in [-0.3, -0.25) is 0 Å². The number of carbonyl (C=O) groups is 1. The van der Waals surface area contributed by atoms with Crippen LogP contribution in [-0.4, -0.2) is 22.1 Å². The van der Waals surface area contributed by atoms with Gasteiger partial charge in [-0.05, 0) is 84.2 Å². The zero-order valence-electron chi connectivity index (χ0n) is 15.3. The topological polar surface area (TPSA) is 56.2 Å². The minimum atomic E-state index is -0.520. The van der Waals surface area contributed by atoms with E-state index in [1.807, 2.05) is 25.1 Å². The maximum absolute atomic E-state index is 14.8. The number of carbonyl (C=O) groups excluding carboxylic acids is 1. The van der Waals surface area contributed by atoms with Crippen molar-refractivity contribution in [3.05, 3.63) is 69.6 Å². The first-order chi connectivity index (χ1) is 13.5. The summed E-state index contributed by atoms with van der Waals surface area (Å²) in [7, 11) is 0. The number of benzene rings is 2. The standard InChI is InChI=1S/C21H19FIN3O2/c1-13-8-15(23)4-5-18(13)25-19-10-20(26-7-6-24-12-26)17(22)9-16(19)21(27)28-11-14-2-3-14/h4-10,12,14,25H,2-3,11H2,1H3. The molecule has 0 aliphatic heterocycles. The van der Waals surface area contributed by atoms with Crippen molar-refractivity contribution >= 4 is 39.9 Å². The Morgan fingerprint density at radius 2 is 2.14 bits per heavy atom. The predicted molar refractivity (Wildman–Crippen MR) is 114 cm³/mol. The molecule has 28 heavy (non-hydrogen) atoms. The number of aryl methyl sites for hydroxylation is 1. The van der Waals surface area contributed by atoms with Crippen LogP contribution < -0.4 is 5.32 Å². The van der Waals surface area contributed by atoms with Crippen molar-refractivity contribution in [2.45, 2.75) is 19.8 Å². The van der Waals surface area contributed by atoms with Crippen LogP contribution >= 0.6 is 22.6 Å². The third-order valence-corrected chi connectivity index (χ3v) is 5.37. The highest BCUT2D eigenvalue weighted by Gasteiger charge is 2.25.